The largest absolute Gasteiger partial charge is 0.310 e. The first-order chi connectivity index (χ1) is 10.4. The normalized spacial score (nSPS) is 26.4. The lowest BCUT2D eigenvalue weighted by molar-refractivity contribution is -0.384. The summed E-state index contributed by atoms with van der Waals surface area (Å²) in [5.74, 6) is 0. The number of nitrogens with zero attached hydrogens (tertiary/aromatic N) is 2. The maximum absolute atomic E-state index is 12.7. The first-order valence-electron chi connectivity index (χ1n) is 7.43. The standard InChI is InChI=1S/C14H19N3O4S/c18-17(19)12-3-5-13(6-4-12)22(20,21)16-10-8-14(11-16)7-1-2-9-15-14/h3-6,15H,1-2,7-11H2. The van der Waals surface area contributed by atoms with E-state index in [9.17, 15) is 18.5 Å². The Kier molecular flexibility index (Phi) is 3.92. The van der Waals surface area contributed by atoms with Gasteiger partial charge in [0.25, 0.3) is 5.69 Å². The summed E-state index contributed by atoms with van der Waals surface area (Å²) in [5.41, 5.74) is -0.197. The molecule has 0 amide bonds. The van der Waals surface area contributed by atoms with E-state index in [1.54, 1.807) is 0 Å². The van der Waals surface area contributed by atoms with Crippen LogP contribution in [0.1, 0.15) is 25.7 Å². The van der Waals surface area contributed by atoms with Gasteiger partial charge in [-0.05, 0) is 37.9 Å². The van der Waals surface area contributed by atoms with Gasteiger partial charge in [-0.2, -0.15) is 4.31 Å². The number of non-ortho nitro benzene ring substituents is 1. The minimum absolute atomic E-state index is 0.0912. The van der Waals surface area contributed by atoms with Crippen molar-refractivity contribution in [2.24, 2.45) is 0 Å². The molecule has 22 heavy (non-hydrogen) atoms. The molecule has 0 saturated carbocycles. The number of nitro benzene ring substituents is 1. The summed E-state index contributed by atoms with van der Waals surface area (Å²) in [4.78, 5) is 10.2. The van der Waals surface area contributed by atoms with Crippen molar-refractivity contribution >= 4 is 15.7 Å². The number of nitrogens with one attached hydrogen (secondary N) is 1. The number of sulfonamides is 1. The topological polar surface area (TPSA) is 92.5 Å². The van der Waals surface area contributed by atoms with Gasteiger partial charge in [0.2, 0.25) is 10.0 Å². The van der Waals surface area contributed by atoms with Crippen LogP contribution in [0, 0.1) is 10.1 Å². The Labute approximate surface area is 129 Å². The van der Waals surface area contributed by atoms with Crippen LogP contribution < -0.4 is 5.32 Å². The molecule has 7 nitrogen and oxygen atoms in total. The lowest BCUT2D eigenvalue weighted by Crippen LogP contribution is -2.50. The molecule has 2 aliphatic heterocycles. The molecular formula is C14H19N3O4S. The fourth-order valence-electron chi connectivity index (χ4n) is 3.31. The molecule has 1 N–H and O–H groups in total. The summed E-state index contributed by atoms with van der Waals surface area (Å²) in [6.45, 7) is 1.91. The summed E-state index contributed by atoms with van der Waals surface area (Å²) >= 11 is 0. The molecule has 2 fully saturated rings. The van der Waals surface area contributed by atoms with E-state index >= 15 is 0 Å². The molecule has 2 heterocycles. The van der Waals surface area contributed by atoms with E-state index in [-0.39, 0.29) is 16.1 Å². The average Bonchev–Trinajstić information content (AvgIpc) is 2.92. The highest BCUT2D eigenvalue weighted by Crippen LogP contribution is 2.33. The van der Waals surface area contributed by atoms with E-state index in [2.05, 4.69) is 5.32 Å². The van der Waals surface area contributed by atoms with Crippen molar-refractivity contribution in [3.8, 4) is 0 Å². The van der Waals surface area contributed by atoms with Gasteiger partial charge in [-0.3, -0.25) is 10.1 Å². The molecule has 1 atom stereocenters. The lowest BCUT2D eigenvalue weighted by Gasteiger charge is -2.34. The van der Waals surface area contributed by atoms with Crippen LogP contribution in [0.15, 0.2) is 29.2 Å². The van der Waals surface area contributed by atoms with Crippen molar-refractivity contribution in [2.45, 2.75) is 36.1 Å². The molecule has 1 aromatic rings. The highest BCUT2D eigenvalue weighted by molar-refractivity contribution is 7.89. The van der Waals surface area contributed by atoms with Crippen LogP contribution in [0.3, 0.4) is 0 Å². The van der Waals surface area contributed by atoms with Crippen molar-refractivity contribution in [2.75, 3.05) is 19.6 Å². The van der Waals surface area contributed by atoms with E-state index in [4.69, 9.17) is 0 Å². The van der Waals surface area contributed by atoms with Crippen LogP contribution in [-0.4, -0.2) is 42.8 Å². The molecule has 2 saturated heterocycles. The van der Waals surface area contributed by atoms with Gasteiger partial charge in [-0.15, -0.1) is 0 Å². The Morgan fingerprint density at radius 2 is 1.91 bits per heavy atom. The number of piperidine rings is 1. The second-order valence-electron chi connectivity index (χ2n) is 6.00. The van der Waals surface area contributed by atoms with Gasteiger partial charge in [-0.1, -0.05) is 6.42 Å². The van der Waals surface area contributed by atoms with Gasteiger partial charge in [0.1, 0.15) is 0 Å². The minimum atomic E-state index is -3.59. The number of hydrogen-bond acceptors (Lipinski definition) is 5. The van der Waals surface area contributed by atoms with Gasteiger partial charge in [-0.25, -0.2) is 8.42 Å². The van der Waals surface area contributed by atoms with Gasteiger partial charge >= 0.3 is 0 Å². The number of rotatable bonds is 3. The molecule has 120 valence electrons. The molecule has 0 aliphatic carbocycles. The lowest BCUT2D eigenvalue weighted by atomic mass is 9.88. The van der Waals surface area contributed by atoms with E-state index in [0.717, 1.165) is 32.2 Å². The molecule has 0 bridgehead atoms. The average molecular weight is 325 g/mol. The molecule has 0 radical (unpaired) electrons. The second kappa shape index (κ2) is 5.60. The monoisotopic (exact) mass is 325 g/mol. The van der Waals surface area contributed by atoms with Gasteiger partial charge in [0.05, 0.1) is 9.82 Å². The van der Waals surface area contributed by atoms with Crippen molar-refractivity contribution < 1.29 is 13.3 Å². The Hall–Kier alpha value is -1.51. The zero-order chi connectivity index (χ0) is 15.8. The smallest absolute Gasteiger partial charge is 0.269 e. The van der Waals surface area contributed by atoms with E-state index < -0.39 is 14.9 Å². The van der Waals surface area contributed by atoms with E-state index in [1.165, 1.54) is 28.6 Å². The van der Waals surface area contributed by atoms with Crippen LogP contribution in [-0.2, 0) is 10.0 Å². The summed E-state index contributed by atoms with van der Waals surface area (Å²) in [6.07, 6.45) is 4.08. The van der Waals surface area contributed by atoms with Crippen LogP contribution in [0.4, 0.5) is 5.69 Å². The van der Waals surface area contributed by atoms with Gasteiger partial charge in [0, 0.05) is 30.8 Å². The van der Waals surface area contributed by atoms with Crippen LogP contribution in [0.25, 0.3) is 0 Å². The molecule has 0 aromatic heterocycles. The first kappa shape index (κ1) is 15.4. The number of benzene rings is 1. The Bertz CT molecular complexity index is 666. The molecule has 3 rings (SSSR count). The highest BCUT2D eigenvalue weighted by atomic mass is 32.2. The highest BCUT2D eigenvalue weighted by Gasteiger charge is 2.43. The van der Waals surface area contributed by atoms with Gasteiger partial charge in [0.15, 0.2) is 0 Å². The molecule has 2 aliphatic rings. The summed E-state index contributed by atoms with van der Waals surface area (Å²) in [6, 6.07) is 5.09. The summed E-state index contributed by atoms with van der Waals surface area (Å²) in [5, 5.41) is 14.1. The molecule has 8 heteroatoms. The van der Waals surface area contributed by atoms with Crippen molar-refractivity contribution in [1.29, 1.82) is 0 Å². The molecular weight excluding hydrogens is 306 g/mol. The maximum Gasteiger partial charge on any atom is 0.269 e. The first-order valence-corrected chi connectivity index (χ1v) is 8.87. The van der Waals surface area contributed by atoms with Crippen molar-refractivity contribution in [3.63, 3.8) is 0 Å². The zero-order valence-electron chi connectivity index (χ0n) is 12.2. The third-order valence-electron chi connectivity index (χ3n) is 4.59. The molecule has 1 aromatic carbocycles. The zero-order valence-corrected chi connectivity index (χ0v) is 13.0. The van der Waals surface area contributed by atoms with E-state index in [0.29, 0.717) is 13.1 Å². The van der Waals surface area contributed by atoms with Crippen LogP contribution in [0.2, 0.25) is 0 Å². The van der Waals surface area contributed by atoms with Gasteiger partial charge < -0.3 is 5.32 Å². The minimum Gasteiger partial charge on any atom is -0.310 e. The predicted octanol–water partition coefficient (Wildman–Crippen LogP) is 1.50. The SMILES string of the molecule is O=[N+]([O-])c1ccc(S(=O)(=O)N2CCC3(CCCCN3)C2)cc1. The third-order valence-corrected chi connectivity index (χ3v) is 6.45. The predicted molar refractivity (Wildman–Crippen MR) is 81.1 cm³/mol. The Morgan fingerprint density at radius 1 is 1.18 bits per heavy atom. The quantitative estimate of drug-likeness (QED) is 0.671. The molecule has 1 unspecified atom stereocenters. The van der Waals surface area contributed by atoms with Crippen LogP contribution >= 0.6 is 0 Å². The summed E-state index contributed by atoms with van der Waals surface area (Å²) in [7, 11) is -3.59. The third kappa shape index (κ3) is 2.73. The van der Waals surface area contributed by atoms with Crippen molar-refractivity contribution in [3.05, 3.63) is 34.4 Å². The fraction of sp³-hybridized carbons (Fsp3) is 0.571. The number of hydrogen-bond donors (Lipinski definition) is 1. The summed E-state index contributed by atoms with van der Waals surface area (Å²) < 4.78 is 26.8. The number of nitro groups is 1. The Morgan fingerprint density at radius 3 is 2.50 bits per heavy atom. The fourth-order valence-corrected chi connectivity index (χ4v) is 4.83. The second-order valence-corrected chi connectivity index (χ2v) is 7.94. The molecule has 1 spiro atoms. The van der Waals surface area contributed by atoms with Crippen LogP contribution in [0.5, 0.6) is 0 Å². The van der Waals surface area contributed by atoms with E-state index in [1.807, 2.05) is 0 Å². The van der Waals surface area contributed by atoms with Crippen molar-refractivity contribution in [1.82, 2.24) is 9.62 Å². The maximum atomic E-state index is 12.7. The Balaban J connectivity index is 1.80.